The van der Waals surface area contributed by atoms with Gasteiger partial charge in [-0.1, -0.05) is 78.1 Å². The number of nitrogens with one attached hydrogen (secondary N) is 3. The number of nitrogens with two attached hydrogens (primary N) is 1. The Balaban J connectivity index is 4.24. The van der Waals surface area contributed by atoms with Crippen molar-refractivity contribution in [2.24, 2.45) is 11.7 Å². The van der Waals surface area contributed by atoms with Crippen LogP contribution in [0.1, 0.15) is 149 Å². The predicted octanol–water partition coefficient (Wildman–Crippen LogP) is 3.53. The second kappa shape index (κ2) is 30.3. The third-order valence-corrected chi connectivity index (χ3v) is 9.13. The lowest BCUT2D eigenvalue weighted by molar-refractivity contribution is -0.143. The lowest BCUT2D eigenvalue weighted by Crippen LogP contribution is -2.44. The van der Waals surface area contributed by atoms with E-state index in [2.05, 4.69) is 16.0 Å². The number of carboxylic acid groups (broad SMARTS) is 3. The van der Waals surface area contributed by atoms with Crippen LogP contribution < -0.4 is 21.7 Å². The monoisotopic (exact) mass is 769 g/mol. The number of amides is 4. The number of hydrogen-bond acceptors (Lipinski definition) is 9. The predicted molar refractivity (Wildman–Crippen MR) is 202 cm³/mol. The van der Waals surface area contributed by atoms with Crippen LogP contribution in [0.15, 0.2) is 0 Å². The summed E-state index contributed by atoms with van der Waals surface area (Å²) in [5.41, 5.74) is 5.96. The first kappa shape index (κ1) is 49.9. The van der Waals surface area contributed by atoms with Crippen molar-refractivity contribution >= 4 is 47.3 Å². The van der Waals surface area contributed by atoms with Crippen LogP contribution in [0.3, 0.4) is 0 Å². The summed E-state index contributed by atoms with van der Waals surface area (Å²) in [6.45, 7) is 3.78. The second-order valence-corrected chi connectivity index (χ2v) is 14.4. The normalized spacial score (nSPS) is 12.7. The Hall–Kier alpha value is -4.08. The smallest absolute Gasteiger partial charge is 0.326 e. The standard InChI is InChI=1S/C38H67N5O11/c1-27(2)31(44)26-43(3)36(50)28(39)18-16-17-25-40-32(45)23-21-29(37(51)52)42-34(47)24-22-30(38(53)54)41-33(46)19-14-12-10-8-6-4-5-7-9-11-13-15-20-35(48)49/h27-30H,4-26,39H2,1-3H3,(H,40,45)(H,41,46)(H,42,47)(H,48,49)(H,51,52)(H,53,54)/t28-,29-,30-/m0/s1. The molecule has 0 aromatic rings. The third-order valence-electron chi connectivity index (χ3n) is 9.13. The molecule has 0 radical (unpaired) electrons. The number of ketones is 1. The van der Waals surface area contributed by atoms with Gasteiger partial charge in [0.2, 0.25) is 23.6 Å². The molecular formula is C38H67N5O11. The number of carbonyl (C=O) groups excluding carboxylic acids is 5. The van der Waals surface area contributed by atoms with Crippen molar-refractivity contribution in [3.05, 3.63) is 0 Å². The highest BCUT2D eigenvalue weighted by Crippen LogP contribution is 2.13. The molecule has 3 atom stereocenters. The lowest BCUT2D eigenvalue weighted by atomic mass is 10.0. The molecule has 0 bridgehead atoms. The number of Topliss-reactive ketones (excluding diaryl/α,β-unsaturated/α-hetero) is 1. The molecule has 0 saturated carbocycles. The summed E-state index contributed by atoms with van der Waals surface area (Å²) in [5.74, 6) is -5.56. The molecule has 310 valence electrons. The maximum Gasteiger partial charge on any atom is 0.326 e. The van der Waals surface area contributed by atoms with Gasteiger partial charge in [-0.05, 0) is 44.9 Å². The van der Waals surface area contributed by atoms with Crippen LogP contribution >= 0.6 is 0 Å². The summed E-state index contributed by atoms with van der Waals surface area (Å²) in [6.07, 6.45) is 12.8. The third kappa shape index (κ3) is 26.6. The number of aliphatic carboxylic acids is 3. The van der Waals surface area contributed by atoms with Crippen molar-refractivity contribution in [3.8, 4) is 0 Å². The number of nitrogens with zero attached hydrogens (tertiary/aromatic N) is 1. The van der Waals surface area contributed by atoms with Crippen LogP contribution in [-0.4, -0.2) is 106 Å². The Labute approximate surface area is 320 Å². The van der Waals surface area contributed by atoms with Gasteiger partial charge in [0.05, 0.1) is 12.6 Å². The van der Waals surface area contributed by atoms with Gasteiger partial charge in [0.25, 0.3) is 0 Å². The summed E-state index contributed by atoms with van der Waals surface area (Å²) in [5, 5.41) is 35.1. The van der Waals surface area contributed by atoms with E-state index in [9.17, 15) is 48.6 Å². The Kier molecular flexibility index (Phi) is 28.0. The van der Waals surface area contributed by atoms with Crippen LogP contribution in [0.5, 0.6) is 0 Å². The zero-order chi connectivity index (χ0) is 40.9. The summed E-state index contributed by atoms with van der Waals surface area (Å²) < 4.78 is 0. The Bertz CT molecular complexity index is 1180. The van der Waals surface area contributed by atoms with E-state index in [-0.39, 0.29) is 69.2 Å². The first-order valence-electron chi connectivity index (χ1n) is 19.6. The average molecular weight is 770 g/mol. The van der Waals surface area contributed by atoms with Crippen molar-refractivity contribution in [3.63, 3.8) is 0 Å². The number of carboxylic acids is 3. The van der Waals surface area contributed by atoms with E-state index in [1.807, 2.05) is 0 Å². The molecule has 0 fully saturated rings. The summed E-state index contributed by atoms with van der Waals surface area (Å²) in [6, 6.07) is -3.45. The number of rotatable bonds is 34. The van der Waals surface area contributed by atoms with E-state index < -0.39 is 53.8 Å². The molecule has 0 aromatic carbocycles. The number of carbonyl (C=O) groups is 8. The van der Waals surface area contributed by atoms with Gasteiger partial charge in [0, 0.05) is 45.2 Å². The van der Waals surface area contributed by atoms with Crippen LogP contribution in [-0.2, 0) is 38.4 Å². The minimum absolute atomic E-state index is 0.00873. The van der Waals surface area contributed by atoms with Crippen LogP contribution in [0.2, 0.25) is 0 Å². The number of likely N-dealkylation sites (N-methyl/N-ethyl adjacent to an activating group) is 1. The van der Waals surface area contributed by atoms with Gasteiger partial charge in [0.1, 0.15) is 12.1 Å². The summed E-state index contributed by atoms with van der Waals surface area (Å²) >= 11 is 0. The Morgan fingerprint density at radius 1 is 0.556 bits per heavy atom. The van der Waals surface area contributed by atoms with Gasteiger partial charge in [-0.15, -0.1) is 0 Å². The highest BCUT2D eigenvalue weighted by Gasteiger charge is 2.25. The first-order valence-corrected chi connectivity index (χ1v) is 19.6. The van der Waals surface area contributed by atoms with Gasteiger partial charge in [0.15, 0.2) is 5.78 Å². The molecule has 0 aliphatic rings. The molecule has 54 heavy (non-hydrogen) atoms. The van der Waals surface area contributed by atoms with E-state index >= 15 is 0 Å². The van der Waals surface area contributed by atoms with Crippen molar-refractivity contribution < 1.29 is 53.7 Å². The SMILES string of the molecule is CC(C)C(=O)CN(C)C(=O)[C@@H](N)CCCCNC(=O)CC[C@H](NC(=O)CC[C@H](NC(=O)CCCCCCCCCCCCCCC(=O)O)C(=O)O)C(=O)O. The van der Waals surface area contributed by atoms with E-state index in [1.165, 1.54) is 11.9 Å². The van der Waals surface area contributed by atoms with Crippen molar-refractivity contribution in [2.75, 3.05) is 20.1 Å². The fraction of sp³-hybridized carbons (Fsp3) is 0.789. The van der Waals surface area contributed by atoms with Gasteiger partial charge >= 0.3 is 17.9 Å². The van der Waals surface area contributed by atoms with Gasteiger partial charge in [-0.25, -0.2) is 9.59 Å². The summed E-state index contributed by atoms with van der Waals surface area (Å²) in [4.78, 5) is 96.5. The average Bonchev–Trinajstić information content (AvgIpc) is 3.10. The maximum atomic E-state index is 12.5. The quantitative estimate of drug-likeness (QED) is 0.0464. The topological polar surface area (TPSA) is 263 Å². The molecule has 0 aliphatic carbocycles. The molecule has 0 heterocycles. The molecule has 0 rings (SSSR count). The van der Waals surface area contributed by atoms with Crippen LogP contribution in [0.25, 0.3) is 0 Å². The van der Waals surface area contributed by atoms with Crippen LogP contribution in [0.4, 0.5) is 0 Å². The van der Waals surface area contributed by atoms with E-state index in [1.54, 1.807) is 13.8 Å². The molecule has 16 nitrogen and oxygen atoms in total. The molecule has 0 saturated heterocycles. The Morgan fingerprint density at radius 2 is 0.981 bits per heavy atom. The minimum Gasteiger partial charge on any atom is -0.481 e. The molecule has 16 heteroatoms. The molecular weight excluding hydrogens is 702 g/mol. The highest BCUT2D eigenvalue weighted by molar-refractivity contribution is 5.89. The fourth-order valence-electron chi connectivity index (χ4n) is 5.63. The van der Waals surface area contributed by atoms with Crippen molar-refractivity contribution in [2.45, 2.75) is 167 Å². The van der Waals surface area contributed by atoms with Crippen molar-refractivity contribution in [1.29, 1.82) is 0 Å². The minimum atomic E-state index is -1.37. The highest BCUT2D eigenvalue weighted by atomic mass is 16.4. The molecule has 0 spiro atoms. The zero-order valence-corrected chi connectivity index (χ0v) is 32.7. The van der Waals surface area contributed by atoms with Gasteiger partial charge in [-0.3, -0.25) is 28.8 Å². The maximum absolute atomic E-state index is 12.5. The molecule has 0 aromatic heterocycles. The first-order chi connectivity index (χ1) is 25.5. The lowest BCUT2D eigenvalue weighted by Gasteiger charge is -2.21. The van der Waals surface area contributed by atoms with Gasteiger partial charge in [-0.2, -0.15) is 0 Å². The second-order valence-electron chi connectivity index (χ2n) is 14.4. The molecule has 8 N–H and O–H groups in total. The van der Waals surface area contributed by atoms with Gasteiger partial charge < -0.3 is 41.9 Å². The van der Waals surface area contributed by atoms with E-state index in [0.29, 0.717) is 25.7 Å². The van der Waals surface area contributed by atoms with E-state index in [0.717, 1.165) is 70.6 Å². The molecule has 0 unspecified atom stereocenters. The zero-order valence-electron chi connectivity index (χ0n) is 32.7. The van der Waals surface area contributed by atoms with E-state index in [4.69, 9.17) is 10.8 Å². The molecule has 0 aliphatic heterocycles. The molecule has 4 amide bonds. The Morgan fingerprint density at radius 3 is 1.43 bits per heavy atom. The van der Waals surface area contributed by atoms with Crippen LogP contribution in [0, 0.1) is 5.92 Å². The fourth-order valence-corrected chi connectivity index (χ4v) is 5.63. The number of hydrogen-bond donors (Lipinski definition) is 7. The number of unbranched alkanes of at least 4 members (excludes halogenated alkanes) is 12. The summed E-state index contributed by atoms with van der Waals surface area (Å²) in [7, 11) is 1.53. The largest absolute Gasteiger partial charge is 0.481 e. The van der Waals surface area contributed by atoms with Crippen molar-refractivity contribution in [1.82, 2.24) is 20.9 Å².